The van der Waals surface area contributed by atoms with Crippen molar-refractivity contribution in [1.82, 2.24) is 28.9 Å². The molecule has 0 aromatic heterocycles. The summed E-state index contributed by atoms with van der Waals surface area (Å²) in [6, 6.07) is 71.5. The van der Waals surface area contributed by atoms with Crippen molar-refractivity contribution in [3.8, 4) is 44.9 Å². The zero-order chi connectivity index (χ0) is 87.4. The van der Waals surface area contributed by atoms with Crippen LogP contribution in [0.2, 0.25) is 5.02 Å². The van der Waals surface area contributed by atoms with Crippen LogP contribution in [0, 0.1) is 30.6 Å². The molecule has 10 aromatic rings. The summed E-state index contributed by atoms with van der Waals surface area (Å²) in [4.78, 5) is 39.3. The Labute approximate surface area is 721 Å². The lowest BCUT2D eigenvalue weighted by Crippen LogP contribution is -2.43. The number of para-hydroxylation sites is 2. The maximum absolute atomic E-state index is 13.8. The average Bonchev–Trinajstić information content (AvgIpc) is 0.802. The van der Waals surface area contributed by atoms with E-state index in [4.69, 9.17) is 38.3 Å². The zero-order valence-electron chi connectivity index (χ0n) is 69.4. The molecule has 0 heterocycles. The monoisotopic (exact) mass is 1740 g/mol. The van der Waals surface area contributed by atoms with Gasteiger partial charge in [-0.2, -0.15) is 26.1 Å². The topological polar surface area (TPSA) is 296 Å². The van der Waals surface area contributed by atoms with E-state index in [1.807, 2.05) is 166 Å². The fourth-order valence-corrected chi connectivity index (χ4v) is 19.7. The van der Waals surface area contributed by atoms with Gasteiger partial charge in [-0.25, -0.2) is 25.3 Å². The number of rotatable bonds is 35. The summed E-state index contributed by atoms with van der Waals surface area (Å²) >= 11 is 6.33. The maximum Gasteiger partial charge on any atom is 0.416 e. The maximum atomic E-state index is 13.8. The number of hydrogen-bond acceptors (Lipinski definition) is 14. The van der Waals surface area contributed by atoms with Gasteiger partial charge in [0.25, 0.3) is 0 Å². The third-order valence-corrected chi connectivity index (χ3v) is 28.5. The van der Waals surface area contributed by atoms with Crippen LogP contribution in [0.4, 0.5) is 13.2 Å². The van der Waals surface area contributed by atoms with Gasteiger partial charge in [-0.05, 0) is 242 Å². The summed E-state index contributed by atoms with van der Waals surface area (Å²) in [6.07, 6.45) is 4.38. The lowest BCUT2D eigenvalue weighted by atomic mass is 9.82. The molecular weight excluding hydrogens is 1630 g/mol. The highest BCUT2D eigenvalue weighted by molar-refractivity contribution is 7.89. The molecule has 0 spiro atoms. The predicted molar refractivity (Wildman–Crippen MR) is 476 cm³/mol. The van der Waals surface area contributed by atoms with E-state index in [-0.39, 0.29) is 71.7 Å². The molecule has 1 unspecified atom stereocenters. The Kier molecular flexibility index (Phi) is 35.0. The molecule has 2 aliphatic carbocycles. The first-order chi connectivity index (χ1) is 58.6. The van der Waals surface area contributed by atoms with E-state index in [2.05, 4.69) is 16.0 Å². The molecule has 20 nitrogen and oxygen atoms in total. The second-order valence-corrected chi connectivity index (χ2v) is 37.2. The number of alkyl halides is 3. The van der Waals surface area contributed by atoms with Gasteiger partial charge in [0.05, 0.1) is 54.1 Å². The van der Waals surface area contributed by atoms with E-state index >= 15 is 0 Å². The number of hydrogen-bond donors (Lipinski definition) is 6. The van der Waals surface area contributed by atoms with Crippen LogP contribution in [0.1, 0.15) is 103 Å². The highest BCUT2D eigenvalue weighted by atomic mass is 35.5. The van der Waals surface area contributed by atoms with E-state index in [1.165, 1.54) is 52.1 Å². The molecule has 9 N–H and O–H groups in total. The van der Waals surface area contributed by atoms with Gasteiger partial charge in [0.1, 0.15) is 11.5 Å². The van der Waals surface area contributed by atoms with Crippen LogP contribution >= 0.6 is 11.6 Å². The Balaban J connectivity index is 0.000000192. The Morgan fingerprint density at radius 1 is 0.451 bits per heavy atom. The van der Waals surface area contributed by atoms with Crippen LogP contribution < -0.4 is 42.6 Å². The molecule has 0 saturated heterocycles. The largest absolute Gasteiger partial charge is 0.496 e. The molecule has 1 atom stereocenters. The van der Waals surface area contributed by atoms with Crippen LogP contribution in [-0.4, -0.2) is 136 Å². The number of carbonyl (C=O) groups excluding carboxylic acids is 3. The van der Waals surface area contributed by atoms with Crippen LogP contribution in [0.5, 0.6) is 11.5 Å². The first kappa shape index (κ1) is 94.2. The number of halogens is 4. The van der Waals surface area contributed by atoms with Crippen molar-refractivity contribution < 1.29 is 62.3 Å². The minimum atomic E-state index is -4.49. The van der Waals surface area contributed by atoms with Gasteiger partial charge < -0.3 is 42.6 Å². The minimum absolute atomic E-state index is 0.0209. The molecule has 27 heteroatoms. The number of amides is 3. The Hall–Kier alpha value is -10.1. The van der Waals surface area contributed by atoms with Crippen LogP contribution in [0.15, 0.2) is 263 Å². The van der Waals surface area contributed by atoms with Crippen LogP contribution in [0.25, 0.3) is 33.4 Å². The SMILES string of the molecule is COc1ccccc1CCN(CC(=O)NCC1CCC(CN)CC1)S(=O)(=O)c1ccc(-c2cccc(C(F)(F)F)c2)cc1.COc1ccccc1CCN(CC(=O)NCC1CCC(CN)CC1)S(=O)(=O)c1ccc(-c2ccccc2Cl)cc1.Cc1ccccc1-c1ccc(S(=O)(=O)N(CC(=O)NCc2ccc(CN)cc2)CC(C)c2ccccc2)cc1. The van der Waals surface area contributed by atoms with E-state index in [1.54, 1.807) is 55.6 Å². The highest BCUT2D eigenvalue weighted by Gasteiger charge is 2.34. The number of aryl methyl sites for hydroxylation is 1. The van der Waals surface area contributed by atoms with Crippen molar-refractivity contribution in [2.45, 2.75) is 118 Å². The predicted octanol–water partition coefficient (Wildman–Crippen LogP) is 15.9. The molecule has 3 amide bonds. The summed E-state index contributed by atoms with van der Waals surface area (Å²) in [5.74, 6) is 1.92. The summed E-state index contributed by atoms with van der Waals surface area (Å²) in [6.45, 7) is 6.55. The zero-order valence-corrected chi connectivity index (χ0v) is 72.6. The summed E-state index contributed by atoms with van der Waals surface area (Å²) in [7, 11) is -8.92. The molecule has 648 valence electrons. The molecule has 0 aliphatic heterocycles. The quantitative estimate of drug-likeness (QED) is 0.0215. The van der Waals surface area contributed by atoms with Crippen molar-refractivity contribution in [1.29, 1.82) is 0 Å². The van der Waals surface area contributed by atoms with Crippen molar-refractivity contribution in [3.05, 3.63) is 293 Å². The van der Waals surface area contributed by atoms with E-state index in [0.29, 0.717) is 103 Å². The fraction of sp³-hybridized carbons (Fsp3) is 0.337. The fourth-order valence-electron chi connectivity index (χ4n) is 15.2. The highest BCUT2D eigenvalue weighted by Crippen LogP contribution is 2.36. The molecule has 12 rings (SSSR count). The number of carbonyl (C=O) groups is 3. The second kappa shape index (κ2) is 45.3. The standard InChI is InChI=1S/C32H38F3N3O4S.C32H35N3O3S.C31H38ClN3O4S/c1-42-30-8-3-2-5-26(30)17-18-38(22-31(39)37-21-24-11-9-23(20-36)10-12-24)43(40,41)29-15-13-25(14-16-29)27-6-4-7-28(19-27)32(33,34)35;1-24-8-6-7-11-31(24)29-16-18-30(19-17-29)39(37,38)35(22-25(2)28-9-4-3-5-10-28)23-32(36)34-21-27-14-12-26(20-33)13-15-27;1-39-30-9-5-2-6-26(30)18-19-35(22-31(36)34-21-24-12-10-23(20-33)11-13-24)40(37,38)27-16-14-25(15-17-27)28-7-3-4-8-29(28)32/h2-8,13-16,19,23-24H,9-12,17-18,20-22,36H2,1H3,(H,37,39);3-19,25H,20-23,33H2,1-2H3,(H,34,36);2-9,14-17,23-24H,10-13,18-22,33H2,1H3,(H,34,36). The lowest BCUT2D eigenvalue weighted by molar-refractivity contribution is -0.137. The minimum Gasteiger partial charge on any atom is -0.496 e. The normalized spacial score (nSPS) is 15.9. The van der Waals surface area contributed by atoms with Crippen LogP contribution in [-0.2, 0) is 76.6 Å². The first-order valence-electron chi connectivity index (χ1n) is 41.2. The van der Waals surface area contributed by atoms with E-state index < -0.39 is 47.7 Å². The van der Waals surface area contributed by atoms with E-state index in [9.17, 15) is 52.8 Å². The number of sulfonamides is 3. The summed E-state index contributed by atoms with van der Waals surface area (Å²) in [5, 5.41) is 9.35. The van der Waals surface area contributed by atoms with Crippen molar-refractivity contribution in [2.24, 2.45) is 40.9 Å². The third-order valence-electron chi connectivity index (χ3n) is 22.6. The Bertz CT molecular complexity index is 5400. The number of nitrogens with two attached hydrogens (primary N) is 3. The first-order valence-corrected chi connectivity index (χ1v) is 45.9. The van der Waals surface area contributed by atoms with Crippen molar-refractivity contribution in [2.75, 3.05) is 79.7 Å². The molecule has 0 bridgehead atoms. The van der Waals surface area contributed by atoms with Gasteiger partial charge in [0.2, 0.25) is 47.8 Å². The molecule has 122 heavy (non-hydrogen) atoms. The number of methoxy groups -OCH3 is 2. The van der Waals surface area contributed by atoms with Crippen molar-refractivity contribution >= 4 is 59.4 Å². The second-order valence-electron chi connectivity index (χ2n) is 31.0. The molecule has 0 radical (unpaired) electrons. The lowest BCUT2D eigenvalue weighted by Gasteiger charge is -2.28. The number of ether oxygens (including phenoxy) is 2. The molecule has 2 saturated carbocycles. The van der Waals surface area contributed by atoms with Gasteiger partial charge in [0.15, 0.2) is 0 Å². The van der Waals surface area contributed by atoms with Gasteiger partial charge in [-0.3, -0.25) is 14.4 Å². The van der Waals surface area contributed by atoms with Crippen molar-refractivity contribution in [3.63, 3.8) is 0 Å². The van der Waals surface area contributed by atoms with Gasteiger partial charge >= 0.3 is 6.18 Å². The number of nitrogens with one attached hydrogen (secondary N) is 3. The van der Waals surface area contributed by atoms with Gasteiger partial charge in [-0.1, -0.05) is 201 Å². The van der Waals surface area contributed by atoms with Gasteiger partial charge in [0, 0.05) is 56.4 Å². The summed E-state index contributed by atoms with van der Waals surface area (Å²) < 4.78 is 137. The van der Waals surface area contributed by atoms with Crippen LogP contribution in [0.3, 0.4) is 0 Å². The molecule has 2 fully saturated rings. The third kappa shape index (κ3) is 26.7. The molecular formula is C95H111ClF3N9O11S3. The Morgan fingerprint density at radius 2 is 0.852 bits per heavy atom. The van der Waals surface area contributed by atoms with E-state index in [0.717, 1.165) is 123 Å². The van der Waals surface area contributed by atoms with Gasteiger partial charge in [-0.15, -0.1) is 0 Å². The number of nitrogens with zero attached hydrogens (tertiary/aromatic N) is 3. The summed E-state index contributed by atoms with van der Waals surface area (Å²) in [5.41, 5.74) is 26.5. The number of benzene rings is 10. The smallest absolute Gasteiger partial charge is 0.416 e. The molecule has 10 aromatic carbocycles. The molecule has 2 aliphatic rings. The Morgan fingerprint density at radius 3 is 1.31 bits per heavy atom. The average molecular weight is 1740 g/mol.